The lowest BCUT2D eigenvalue weighted by atomic mass is 9.82. The predicted molar refractivity (Wildman–Crippen MR) is 162 cm³/mol. The van der Waals surface area contributed by atoms with Gasteiger partial charge in [0.1, 0.15) is 13.2 Å². The number of rotatable bonds is 10. The summed E-state index contributed by atoms with van der Waals surface area (Å²) < 4.78 is 19.3. The Hall–Kier alpha value is -4.65. The summed E-state index contributed by atoms with van der Waals surface area (Å²) in [5, 5.41) is 5.78. The molecule has 214 valence electrons. The molecule has 0 spiro atoms. The predicted octanol–water partition coefficient (Wildman–Crippen LogP) is 7.24. The first-order valence-electron chi connectivity index (χ1n) is 14.5. The number of ether oxygens (including phenoxy) is 3. The van der Waals surface area contributed by atoms with Gasteiger partial charge in [-0.25, -0.2) is 0 Å². The molecule has 0 atom stereocenters. The van der Waals surface area contributed by atoms with Gasteiger partial charge in [-0.15, -0.1) is 0 Å². The van der Waals surface area contributed by atoms with Crippen LogP contribution in [0.4, 0.5) is 0 Å². The zero-order chi connectivity index (χ0) is 28.7. The zero-order valence-electron chi connectivity index (χ0n) is 23.8. The summed E-state index contributed by atoms with van der Waals surface area (Å²) in [4.78, 5) is 16.7. The van der Waals surface area contributed by atoms with Crippen LogP contribution in [0.5, 0.6) is 11.8 Å². The third-order valence-corrected chi connectivity index (χ3v) is 8.05. The average molecular weight is 562 g/mol. The van der Waals surface area contributed by atoms with Crippen molar-refractivity contribution in [1.29, 1.82) is 0 Å². The first kappa shape index (κ1) is 27.5. The van der Waals surface area contributed by atoms with E-state index < -0.39 is 0 Å². The number of hydrogen-bond acceptors (Lipinski definition) is 6. The number of esters is 1. The van der Waals surface area contributed by atoms with E-state index >= 15 is 0 Å². The minimum atomic E-state index is -0.0806. The Labute approximate surface area is 246 Å². The van der Waals surface area contributed by atoms with Gasteiger partial charge in [0.15, 0.2) is 0 Å². The van der Waals surface area contributed by atoms with E-state index in [1.54, 1.807) is 0 Å². The number of carbonyl (C=O) groups is 1. The molecule has 1 saturated carbocycles. The van der Waals surface area contributed by atoms with E-state index in [-0.39, 0.29) is 11.9 Å². The topological polar surface area (TPSA) is 75.5 Å². The molecule has 0 aliphatic heterocycles. The molecule has 1 aliphatic carbocycles. The third kappa shape index (κ3) is 6.46. The second kappa shape index (κ2) is 12.9. The van der Waals surface area contributed by atoms with Crippen molar-refractivity contribution in [2.45, 2.75) is 45.4 Å². The summed E-state index contributed by atoms with van der Waals surface area (Å²) in [7, 11) is 1.47. The van der Waals surface area contributed by atoms with Crippen molar-refractivity contribution in [2.24, 2.45) is 11.8 Å². The SMILES string of the molecule is COC(=O)C1CCC(Cn2ncc3cc(-c4ccc(OCc5ccccc5)nc4OCc4ccccc4)ccc32)CC1. The highest BCUT2D eigenvalue weighted by atomic mass is 16.5. The molecule has 1 aliphatic rings. The van der Waals surface area contributed by atoms with Gasteiger partial charge in [0, 0.05) is 23.6 Å². The lowest BCUT2D eigenvalue weighted by Crippen LogP contribution is -2.25. The van der Waals surface area contributed by atoms with E-state index in [0.717, 1.165) is 65.4 Å². The number of nitrogens with zero attached hydrogens (tertiary/aromatic N) is 3. The first-order chi connectivity index (χ1) is 20.7. The normalized spacial score (nSPS) is 16.7. The van der Waals surface area contributed by atoms with Gasteiger partial charge in [-0.05, 0) is 66.5 Å². The Kier molecular flexibility index (Phi) is 8.45. The van der Waals surface area contributed by atoms with E-state index in [1.807, 2.05) is 79.0 Å². The smallest absolute Gasteiger partial charge is 0.308 e. The van der Waals surface area contributed by atoms with Crippen LogP contribution in [-0.4, -0.2) is 27.8 Å². The number of hydrogen-bond donors (Lipinski definition) is 0. The second-order valence-corrected chi connectivity index (χ2v) is 10.9. The van der Waals surface area contributed by atoms with Gasteiger partial charge in [-0.2, -0.15) is 10.1 Å². The van der Waals surface area contributed by atoms with Crippen LogP contribution in [0, 0.1) is 11.8 Å². The lowest BCUT2D eigenvalue weighted by Gasteiger charge is -2.26. The number of fused-ring (bicyclic) bond motifs is 1. The second-order valence-electron chi connectivity index (χ2n) is 10.9. The summed E-state index contributed by atoms with van der Waals surface area (Å²) >= 11 is 0. The number of benzene rings is 3. The minimum Gasteiger partial charge on any atom is -0.473 e. The van der Waals surface area contributed by atoms with Crippen LogP contribution < -0.4 is 9.47 Å². The van der Waals surface area contributed by atoms with Crippen molar-refractivity contribution in [1.82, 2.24) is 14.8 Å². The lowest BCUT2D eigenvalue weighted by molar-refractivity contribution is -0.146. The fourth-order valence-corrected chi connectivity index (χ4v) is 5.68. The van der Waals surface area contributed by atoms with Crippen LogP contribution in [0.25, 0.3) is 22.0 Å². The molecule has 2 heterocycles. The van der Waals surface area contributed by atoms with E-state index in [4.69, 9.17) is 24.3 Å². The van der Waals surface area contributed by atoms with E-state index in [1.165, 1.54) is 7.11 Å². The highest BCUT2D eigenvalue weighted by Gasteiger charge is 2.27. The largest absolute Gasteiger partial charge is 0.473 e. The van der Waals surface area contributed by atoms with Crippen LogP contribution in [-0.2, 0) is 29.3 Å². The first-order valence-corrected chi connectivity index (χ1v) is 14.5. The van der Waals surface area contributed by atoms with Crippen molar-refractivity contribution in [3.8, 4) is 22.9 Å². The number of carbonyl (C=O) groups excluding carboxylic acids is 1. The van der Waals surface area contributed by atoms with Crippen LogP contribution in [0.3, 0.4) is 0 Å². The molecule has 0 radical (unpaired) electrons. The Bertz CT molecular complexity index is 1630. The number of methoxy groups -OCH3 is 1. The van der Waals surface area contributed by atoms with Crippen molar-refractivity contribution in [2.75, 3.05) is 7.11 Å². The molecule has 0 saturated heterocycles. The fourth-order valence-electron chi connectivity index (χ4n) is 5.68. The van der Waals surface area contributed by atoms with Crippen LogP contribution >= 0.6 is 0 Å². The molecule has 0 amide bonds. The zero-order valence-corrected chi connectivity index (χ0v) is 23.8. The summed E-state index contributed by atoms with van der Waals surface area (Å²) in [5.41, 5.74) is 5.14. The van der Waals surface area contributed by atoms with Gasteiger partial charge < -0.3 is 14.2 Å². The monoisotopic (exact) mass is 561 g/mol. The average Bonchev–Trinajstić information content (AvgIpc) is 3.45. The van der Waals surface area contributed by atoms with Crippen molar-refractivity contribution >= 4 is 16.9 Å². The van der Waals surface area contributed by atoms with E-state index in [9.17, 15) is 4.79 Å². The van der Waals surface area contributed by atoms with Gasteiger partial charge in [0.05, 0.1) is 24.7 Å². The quantitative estimate of drug-likeness (QED) is 0.167. The highest BCUT2D eigenvalue weighted by molar-refractivity contribution is 5.85. The third-order valence-electron chi connectivity index (χ3n) is 8.05. The summed E-state index contributed by atoms with van der Waals surface area (Å²) in [6, 6.07) is 30.4. The fraction of sp³-hybridized carbons (Fsp3) is 0.286. The summed E-state index contributed by atoms with van der Waals surface area (Å²) in [6.07, 6.45) is 5.69. The maximum atomic E-state index is 11.9. The molecule has 42 heavy (non-hydrogen) atoms. The molecule has 3 aromatic carbocycles. The maximum absolute atomic E-state index is 11.9. The Morgan fingerprint density at radius 3 is 2.21 bits per heavy atom. The molecule has 6 rings (SSSR count). The Balaban J connectivity index is 1.21. The molecule has 2 aromatic heterocycles. The van der Waals surface area contributed by atoms with Gasteiger partial charge in [-0.1, -0.05) is 66.7 Å². The molecule has 7 nitrogen and oxygen atoms in total. The molecule has 5 aromatic rings. The van der Waals surface area contributed by atoms with Gasteiger partial charge in [-0.3, -0.25) is 9.48 Å². The van der Waals surface area contributed by atoms with Crippen molar-refractivity contribution in [3.63, 3.8) is 0 Å². The van der Waals surface area contributed by atoms with Crippen molar-refractivity contribution < 1.29 is 19.0 Å². The summed E-state index contributed by atoms with van der Waals surface area (Å²) in [5.74, 6) is 1.49. The van der Waals surface area contributed by atoms with Gasteiger partial charge >= 0.3 is 5.97 Å². The maximum Gasteiger partial charge on any atom is 0.308 e. The van der Waals surface area contributed by atoms with Crippen LogP contribution in [0.1, 0.15) is 36.8 Å². The minimum absolute atomic E-state index is 0.0326. The van der Waals surface area contributed by atoms with E-state index in [2.05, 4.69) is 22.9 Å². The van der Waals surface area contributed by atoms with Crippen molar-refractivity contribution in [3.05, 3.63) is 108 Å². The van der Waals surface area contributed by atoms with Gasteiger partial charge in [0.2, 0.25) is 11.8 Å². The van der Waals surface area contributed by atoms with Crippen LogP contribution in [0.2, 0.25) is 0 Å². The number of pyridine rings is 1. The molecule has 0 unspecified atom stereocenters. The summed E-state index contributed by atoms with van der Waals surface area (Å²) in [6.45, 7) is 1.68. The highest BCUT2D eigenvalue weighted by Crippen LogP contribution is 2.35. The molecule has 7 heteroatoms. The Morgan fingerprint density at radius 2 is 1.52 bits per heavy atom. The van der Waals surface area contributed by atoms with Gasteiger partial charge in [0.25, 0.3) is 0 Å². The van der Waals surface area contributed by atoms with E-state index in [0.29, 0.717) is 30.9 Å². The Morgan fingerprint density at radius 1 is 0.833 bits per heavy atom. The molecule has 0 N–H and O–H groups in total. The molecular formula is C35H35N3O4. The number of aromatic nitrogens is 3. The standard InChI is InChI=1S/C35H35N3O4/c1-40-35(39)28-14-12-25(13-15-28)22-38-32-18-16-29(20-30(32)21-36-38)31-17-19-33(41-23-26-8-4-2-5-9-26)37-34(31)42-24-27-10-6-3-7-11-27/h2-11,16-21,25,28H,12-15,22-24H2,1H3. The molecule has 0 bridgehead atoms. The molecule has 1 fully saturated rings. The van der Waals surface area contributed by atoms with Crippen LogP contribution in [0.15, 0.2) is 97.2 Å². The molecular weight excluding hydrogens is 526 g/mol.